The van der Waals surface area contributed by atoms with Crippen molar-refractivity contribution < 1.29 is 82.3 Å². The van der Waals surface area contributed by atoms with Crippen LogP contribution in [0.2, 0.25) is 0 Å². The van der Waals surface area contributed by atoms with Crippen molar-refractivity contribution in [2.75, 3.05) is 208 Å². The quantitative estimate of drug-likeness (QED) is 0.0278. The maximum absolute atomic E-state index is 14.7. The molecule has 0 aliphatic carbocycles. The van der Waals surface area contributed by atoms with Crippen LogP contribution in [0.5, 0.6) is 18.0 Å². The first kappa shape index (κ1) is 105. The predicted octanol–water partition coefficient (Wildman–Crippen LogP) is 11.4. The number of benzene rings is 3. The van der Waals surface area contributed by atoms with Crippen molar-refractivity contribution in [3.63, 3.8) is 0 Å². The van der Waals surface area contributed by atoms with Crippen molar-refractivity contribution in [2.24, 2.45) is 0 Å². The zero-order chi connectivity index (χ0) is 96.6. The number of ether oxygens (including phenoxy) is 4. The van der Waals surface area contributed by atoms with Crippen LogP contribution in [-0.2, 0) is 70.4 Å². The number of hydrogen-bond donors (Lipinski definition) is 4. The topological polar surface area (TPSA) is 302 Å². The number of amides is 3. The number of aromatic amines is 3. The van der Waals surface area contributed by atoms with Gasteiger partial charge in [-0.15, -0.1) is 0 Å². The number of aliphatic hydroxyl groups is 1. The summed E-state index contributed by atoms with van der Waals surface area (Å²) in [5, 5.41) is 24.5. The van der Waals surface area contributed by atoms with E-state index in [0.717, 1.165) is 66.1 Å². The van der Waals surface area contributed by atoms with Gasteiger partial charge in [-0.3, -0.25) is 34.4 Å². The van der Waals surface area contributed by atoms with E-state index in [1.807, 2.05) is 23.0 Å². The second kappa shape index (κ2) is 43.9. The Morgan fingerprint density at radius 2 is 1.01 bits per heavy atom. The molecule has 0 bridgehead atoms. The Labute approximate surface area is 820 Å². The minimum atomic E-state index is -4.62. The maximum atomic E-state index is 14.7. The fourth-order valence-electron chi connectivity index (χ4n) is 20.4. The Bertz CT molecular complexity index is 6040. The van der Waals surface area contributed by atoms with Gasteiger partial charge in [-0.2, -0.15) is 107 Å². The first-order valence-corrected chi connectivity index (χ1v) is 45.8. The molecule has 6 fully saturated rings. The molecule has 0 saturated carbocycles. The summed E-state index contributed by atoms with van der Waals surface area (Å²) >= 11 is 0. The van der Waals surface area contributed by atoms with Crippen LogP contribution in [0, 0.1) is 34.3 Å². The van der Waals surface area contributed by atoms with Crippen LogP contribution in [0.15, 0.2) is 79.6 Å². The van der Waals surface area contributed by atoms with E-state index in [1.54, 1.807) is 46.8 Å². The summed E-state index contributed by atoms with van der Waals surface area (Å²) in [6.45, 7) is 27.9. The molecule has 9 aliphatic rings. The van der Waals surface area contributed by atoms with Gasteiger partial charge in [-0.1, -0.05) is 18.7 Å². The normalized spacial score (nSPS) is 20.8. The number of nitrogens with zero attached hydrogens (tertiary/aromatic N) is 21. The fourth-order valence-corrected chi connectivity index (χ4v) is 20.4. The molecule has 0 radical (unpaired) electrons. The number of nitrogens with one attached hydrogen (secondary N) is 3. The van der Waals surface area contributed by atoms with E-state index < -0.39 is 58.9 Å². The van der Waals surface area contributed by atoms with E-state index in [0.29, 0.717) is 168 Å². The van der Waals surface area contributed by atoms with Crippen LogP contribution in [0.1, 0.15) is 99.8 Å². The number of fused-ring (bicyclic) bond motifs is 6. The van der Waals surface area contributed by atoms with E-state index >= 15 is 0 Å². The number of methoxy groups -OCH3 is 1. The van der Waals surface area contributed by atoms with E-state index in [4.69, 9.17) is 50.6 Å². The summed E-state index contributed by atoms with van der Waals surface area (Å²) in [6, 6.07) is 6.75. The van der Waals surface area contributed by atoms with Gasteiger partial charge in [-0.05, 0) is 141 Å². The third-order valence-electron chi connectivity index (χ3n) is 27.4. The van der Waals surface area contributed by atoms with Crippen LogP contribution in [0.3, 0.4) is 0 Å². The third-order valence-corrected chi connectivity index (χ3v) is 27.4. The molecule has 752 valence electrons. The van der Waals surface area contributed by atoms with Gasteiger partial charge in [0.05, 0.1) is 102 Å². The first-order valence-electron chi connectivity index (χ1n) is 45.8. The molecule has 1 unspecified atom stereocenters. The summed E-state index contributed by atoms with van der Waals surface area (Å²) in [4.78, 5) is 95.8. The molecule has 139 heavy (non-hydrogen) atoms. The number of anilines is 6. The van der Waals surface area contributed by atoms with Crippen molar-refractivity contribution in [3.8, 4) is 18.0 Å². The zero-order valence-corrected chi connectivity index (χ0v) is 82.2. The Kier molecular flexibility index (Phi) is 33.2. The largest absolute Gasteiger partial charge is 0.462 e. The number of likely N-dealkylation sites (tertiary alicyclic amines) is 3. The minimum absolute atomic E-state index is 0. The van der Waals surface area contributed by atoms with Crippen molar-refractivity contribution in [3.05, 3.63) is 158 Å². The smallest absolute Gasteiger partial charge is 0.418 e. The predicted molar refractivity (Wildman–Crippen MR) is 524 cm³/mol. The molecule has 0 spiro atoms. The van der Waals surface area contributed by atoms with Gasteiger partial charge in [0, 0.05) is 199 Å². The van der Waals surface area contributed by atoms with Gasteiger partial charge in [-0.25, -0.2) is 24.1 Å². The van der Waals surface area contributed by atoms with Crippen LogP contribution >= 0.6 is 40.5 Å². The molecule has 6 saturated heterocycles. The number of hydrogen-bond acceptors (Lipinski definition) is 25. The van der Waals surface area contributed by atoms with E-state index in [1.165, 1.54) is 88.6 Å². The third kappa shape index (κ3) is 23.2. The highest BCUT2D eigenvalue weighted by Gasteiger charge is 2.47. The molecule has 9 aliphatic heterocycles. The molecule has 15 heterocycles. The van der Waals surface area contributed by atoms with E-state index in [9.17, 15) is 58.3 Å². The van der Waals surface area contributed by atoms with Gasteiger partial charge in [0.15, 0.2) is 5.83 Å². The number of aromatic nitrogens is 11. The molecule has 6 aromatic heterocycles. The van der Waals surface area contributed by atoms with Gasteiger partial charge >= 0.3 is 30.4 Å². The molecular formula is C94H120F10N24O8S3. The Balaban J connectivity index is 0.000000174. The lowest BCUT2D eigenvalue weighted by atomic mass is 9.98. The Hall–Kier alpha value is -11.2. The molecule has 3 amide bonds. The molecule has 32 nitrogen and oxygen atoms in total. The second-order valence-electron chi connectivity index (χ2n) is 36.8. The molecule has 5 atom stereocenters. The minimum Gasteiger partial charge on any atom is -0.462 e. The average molecular weight is 2000 g/mol. The molecule has 9 aromatic rings. The lowest BCUT2D eigenvalue weighted by Gasteiger charge is -2.41. The maximum Gasteiger partial charge on any atom is 0.418 e. The van der Waals surface area contributed by atoms with Crippen LogP contribution < -0.4 is 43.6 Å². The lowest BCUT2D eigenvalue weighted by molar-refractivity contribution is -0.138. The van der Waals surface area contributed by atoms with Gasteiger partial charge in [0.2, 0.25) is 18.4 Å². The summed E-state index contributed by atoms with van der Waals surface area (Å²) in [6.07, 6.45) is 5.12. The molecule has 4 N–H and O–H groups in total. The Morgan fingerprint density at radius 1 is 0.561 bits per heavy atom. The summed E-state index contributed by atoms with van der Waals surface area (Å²) in [7, 11) is 7.12. The number of aryl methyl sites for hydroxylation is 3. The molecule has 3 aromatic carbocycles. The monoisotopic (exact) mass is 2000 g/mol. The molecule has 18 rings (SSSR count). The van der Waals surface area contributed by atoms with Crippen molar-refractivity contribution in [1.82, 2.24) is 84.7 Å². The highest BCUT2D eigenvalue weighted by Crippen LogP contribution is 2.49. The number of aliphatic hydroxyl groups excluding tert-OH is 1. The number of halogens is 10. The summed E-state index contributed by atoms with van der Waals surface area (Å²) in [5.74, 6) is -2.92. The molecule has 45 heteroatoms. The number of rotatable bonds is 22. The first-order chi connectivity index (χ1) is 64.9. The van der Waals surface area contributed by atoms with E-state index in [-0.39, 0.29) is 165 Å². The zero-order valence-electron chi connectivity index (χ0n) is 79.2. The number of H-pyrrole nitrogens is 3. The summed E-state index contributed by atoms with van der Waals surface area (Å²) in [5.41, 5.74) is 7.95. The van der Waals surface area contributed by atoms with Gasteiger partial charge in [0.1, 0.15) is 49.0 Å². The summed E-state index contributed by atoms with van der Waals surface area (Å²) < 4.78 is 167. The van der Waals surface area contributed by atoms with E-state index in [2.05, 4.69) is 99.4 Å². The van der Waals surface area contributed by atoms with Crippen LogP contribution in [0.4, 0.5) is 78.4 Å². The standard InChI is InChI=1S/C32H40F4N8O3.C32H39FN8O2.C30H35F5N8O3.3H2S/c1-20-14-24-23(16-37-40-24)28(27(20)32(34,35)36)44-8-7-22-25(17-44)38-30(47-18-21-15-31(2,33)19-41(21)3)39-29(22)43-11-9-42(10-12-43)26(45)6-5-13-46-4;1-20-15-27-25(8-10-35-27)29(21(20)2)39-12-9-26-28(18-39)36-32(43-19-23-7-6-11-38(23)5)37-30(26)40-13-14-41(31(42)22(3)33)24(17-40)16-34-4;1-18-12-22-21(14-36-39-22)26(25(18)30(33,34)35)43-6-5-20-23(15-43)37-28(46-16-19-13-29(31,32)17-40(19)2)38-27(20)42-9-7-41(8-10-42)24(45)4-3-11-44;;;/h5-6,14,16,21H,7-13,15,17-19H2,1-4H3,(H,37,40);8,10,15,23-24,35H,3,6-7,9,11-14,16-19H2,1-2,5H3;3-4,12,14,19,44H,5-11,13,15-17H2,1-2H3,(H,36,39);3*1H2/b6-5+;;4-3+;;;/t21-,31?;23-,24-;19-;;;/m000.../s1. The van der Waals surface area contributed by atoms with Crippen molar-refractivity contribution >= 4 is 125 Å². The van der Waals surface area contributed by atoms with Crippen LogP contribution in [-0.4, -0.2) is 322 Å². The second-order valence-corrected chi connectivity index (χ2v) is 36.8. The number of piperazine rings is 3. The highest BCUT2D eigenvalue weighted by atomic mass is 32.1. The highest BCUT2D eigenvalue weighted by molar-refractivity contribution is 7.59. The SMILES string of the molecule is COC/C=C/C(=O)N1CCN(c2nc(OC[C@@H]3CC(C)(F)CN3C)nc3c2CCN(c2c(C(F)(F)F)c(C)cc4[nH]ncc24)C3)CC1.Cc1cc2[nH]ncc2c(N2CCc3c(nc(OC[C@@H]4CC(F)(F)CN4C)nc3N3CCN(C(=O)/C=C/CO)CC3)C2)c1C(F)(F)F.S.S.S.[C-]#[N+]C[C@H]1CN(c2nc(OC[C@@H]3CCCN3C)nc3c2CCN(c2c(C)c(C)cc4[nH]ccc24)C3)CCN1C(=O)C(=C)F. The number of likely N-dealkylation sites (N-methyl/N-ethyl adjacent to an activating group) is 3. The lowest BCUT2D eigenvalue weighted by Crippen LogP contribution is -2.57. The number of carbonyl (C=O) groups is 3. The average Bonchev–Trinajstić information content (AvgIpc) is 1.74. The van der Waals surface area contributed by atoms with Crippen molar-refractivity contribution in [1.29, 1.82) is 0 Å². The fraction of sp³-hybridized carbons (Fsp3) is 0.532. The molecular weight excluding hydrogens is 1880 g/mol. The van der Waals surface area contributed by atoms with Crippen LogP contribution in [0.25, 0.3) is 37.6 Å². The number of alkyl halides is 9. The van der Waals surface area contributed by atoms with Gasteiger partial charge < -0.3 is 82.9 Å². The Morgan fingerprint density at radius 3 is 1.45 bits per heavy atom. The van der Waals surface area contributed by atoms with Gasteiger partial charge in [0.25, 0.3) is 11.8 Å². The van der Waals surface area contributed by atoms with Crippen molar-refractivity contribution in [2.45, 2.75) is 147 Å². The number of carbonyl (C=O) groups excluding carboxylic acids is 3.